The summed E-state index contributed by atoms with van der Waals surface area (Å²) in [7, 11) is 0.751. The molecule has 0 saturated heterocycles. The maximum Gasteiger partial charge on any atom is 0.229 e. The van der Waals surface area contributed by atoms with Crippen molar-refractivity contribution in [2.75, 3.05) is 6.61 Å². The van der Waals surface area contributed by atoms with E-state index in [2.05, 4.69) is 13.8 Å². The van der Waals surface area contributed by atoms with Crippen LogP contribution in [-0.2, 0) is 4.43 Å². The molecule has 0 atom stereocenters. The summed E-state index contributed by atoms with van der Waals surface area (Å²) in [6.45, 7) is 5.51. The third-order valence-electron chi connectivity index (χ3n) is 2.83. The maximum absolute atomic E-state index is 5.61. The minimum absolute atomic E-state index is 0.751. The molecule has 0 aliphatic heterocycles. The van der Waals surface area contributed by atoms with Gasteiger partial charge in [0.1, 0.15) is 0 Å². The first-order valence-electron chi connectivity index (χ1n) is 7.26. The maximum atomic E-state index is 5.61. The lowest BCUT2D eigenvalue weighted by molar-refractivity contribution is 0.319. The molecular weight excluding hydrogens is 212 g/mol. The van der Waals surface area contributed by atoms with Crippen LogP contribution in [0.4, 0.5) is 0 Å². The zero-order chi connectivity index (χ0) is 11.9. The van der Waals surface area contributed by atoms with E-state index >= 15 is 0 Å². The molecular formula is C14H30OSi. The summed E-state index contributed by atoms with van der Waals surface area (Å²) in [6, 6.07) is 1.27. The van der Waals surface area contributed by atoms with Gasteiger partial charge in [-0.25, -0.2) is 0 Å². The first kappa shape index (κ1) is 16.2. The molecule has 0 saturated carbocycles. The summed E-state index contributed by atoms with van der Waals surface area (Å²) in [4.78, 5) is 0. The zero-order valence-electron chi connectivity index (χ0n) is 11.4. The molecule has 0 spiro atoms. The molecule has 0 aromatic carbocycles. The Balaban J connectivity index is 2.83. The van der Waals surface area contributed by atoms with Gasteiger partial charge in [-0.15, -0.1) is 0 Å². The minimum atomic E-state index is 0.751. The Morgan fingerprint density at radius 1 is 0.688 bits per heavy atom. The van der Waals surface area contributed by atoms with Crippen molar-refractivity contribution in [3.05, 3.63) is 0 Å². The lowest BCUT2D eigenvalue weighted by atomic mass is 10.1. The molecule has 96 valence electrons. The van der Waals surface area contributed by atoms with Crippen molar-refractivity contribution in [3.8, 4) is 0 Å². The topological polar surface area (TPSA) is 9.23 Å². The molecule has 0 aliphatic carbocycles. The average molecular weight is 242 g/mol. The highest BCUT2D eigenvalue weighted by atomic mass is 28.2. The van der Waals surface area contributed by atoms with E-state index in [1.54, 1.807) is 0 Å². The van der Waals surface area contributed by atoms with E-state index in [1.807, 2.05) is 0 Å². The van der Waals surface area contributed by atoms with Crippen molar-refractivity contribution < 1.29 is 4.43 Å². The lowest BCUT2D eigenvalue weighted by Crippen LogP contribution is -2.00. The Morgan fingerprint density at radius 3 is 1.88 bits per heavy atom. The molecule has 0 unspecified atom stereocenters. The predicted molar refractivity (Wildman–Crippen MR) is 74.0 cm³/mol. The number of hydrogen-bond acceptors (Lipinski definition) is 1. The van der Waals surface area contributed by atoms with E-state index in [4.69, 9.17) is 4.43 Å². The van der Waals surface area contributed by atoms with E-state index in [-0.39, 0.29) is 0 Å². The van der Waals surface area contributed by atoms with Crippen LogP contribution in [0.2, 0.25) is 6.04 Å². The molecule has 1 nitrogen and oxygen atoms in total. The summed E-state index contributed by atoms with van der Waals surface area (Å²) in [5.41, 5.74) is 0. The predicted octanol–water partition coefficient (Wildman–Crippen LogP) is 4.98. The fourth-order valence-electron chi connectivity index (χ4n) is 1.70. The summed E-state index contributed by atoms with van der Waals surface area (Å²) in [5, 5.41) is 0. The highest BCUT2D eigenvalue weighted by molar-refractivity contribution is 6.26. The molecule has 0 heterocycles. The molecule has 0 amide bonds. The molecule has 16 heavy (non-hydrogen) atoms. The van der Waals surface area contributed by atoms with E-state index < -0.39 is 0 Å². The van der Waals surface area contributed by atoms with Crippen LogP contribution in [0.3, 0.4) is 0 Å². The van der Waals surface area contributed by atoms with Crippen molar-refractivity contribution in [1.82, 2.24) is 0 Å². The van der Waals surface area contributed by atoms with Crippen molar-refractivity contribution in [2.24, 2.45) is 0 Å². The smallest absolute Gasteiger partial charge is 0.229 e. The van der Waals surface area contributed by atoms with E-state index in [0.717, 1.165) is 16.4 Å². The van der Waals surface area contributed by atoms with Gasteiger partial charge in [0.25, 0.3) is 0 Å². The van der Waals surface area contributed by atoms with Gasteiger partial charge in [0.15, 0.2) is 0 Å². The Hall–Kier alpha value is 0.177. The van der Waals surface area contributed by atoms with Gasteiger partial charge in [-0.1, -0.05) is 71.6 Å². The van der Waals surface area contributed by atoms with Gasteiger partial charge in [-0.2, -0.15) is 0 Å². The fraction of sp³-hybridized carbons (Fsp3) is 1.00. The number of hydrogen-bond donors (Lipinski definition) is 0. The molecule has 0 N–H and O–H groups in total. The average Bonchev–Trinajstić information content (AvgIpc) is 2.31. The third kappa shape index (κ3) is 14.2. The summed E-state index contributed by atoms with van der Waals surface area (Å²) in [6.07, 6.45) is 13.7. The molecule has 0 aromatic heterocycles. The molecule has 0 aromatic rings. The van der Waals surface area contributed by atoms with E-state index in [9.17, 15) is 0 Å². The SMILES string of the molecule is CCCCCCCCCCO[Si]CCCC. The molecule has 2 heteroatoms. The minimum Gasteiger partial charge on any atom is -0.417 e. The first-order chi connectivity index (χ1) is 7.91. The van der Waals surface area contributed by atoms with Crippen LogP contribution >= 0.6 is 0 Å². The molecule has 0 rings (SSSR count). The molecule has 0 aliphatic rings. The van der Waals surface area contributed by atoms with Crippen molar-refractivity contribution in [2.45, 2.75) is 84.1 Å². The zero-order valence-corrected chi connectivity index (χ0v) is 12.4. The van der Waals surface area contributed by atoms with Gasteiger partial charge in [0, 0.05) is 6.61 Å². The summed E-state index contributed by atoms with van der Waals surface area (Å²) >= 11 is 0. The van der Waals surface area contributed by atoms with Gasteiger partial charge in [-0.3, -0.25) is 0 Å². The van der Waals surface area contributed by atoms with Crippen molar-refractivity contribution in [3.63, 3.8) is 0 Å². The van der Waals surface area contributed by atoms with Gasteiger partial charge < -0.3 is 4.43 Å². The largest absolute Gasteiger partial charge is 0.417 e. The highest BCUT2D eigenvalue weighted by Crippen LogP contribution is 2.08. The van der Waals surface area contributed by atoms with Gasteiger partial charge in [-0.05, 0) is 12.5 Å². The summed E-state index contributed by atoms with van der Waals surface area (Å²) in [5.74, 6) is 0. The quantitative estimate of drug-likeness (QED) is 0.327. The van der Waals surface area contributed by atoms with Crippen molar-refractivity contribution >= 4 is 9.76 Å². The standard InChI is InChI=1S/C14H30OSi/c1-3-5-7-8-9-10-11-12-13-15-16-14-6-4-2/h3-14H2,1-2H3. The molecule has 0 bridgehead atoms. The number of unbranched alkanes of at least 4 members (excludes halogenated alkanes) is 8. The Bertz CT molecular complexity index is 103. The van der Waals surface area contributed by atoms with Crippen LogP contribution in [0.1, 0.15) is 78.1 Å². The van der Waals surface area contributed by atoms with Crippen molar-refractivity contribution in [1.29, 1.82) is 0 Å². The van der Waals surface area contributed by atoms with Gasteiger partial charge >= 0.3 is 0 Å². The van der Waals surface area contributed by atoms with Gasteiger partial charge in [0.2, 0.25) is 9.76 Å². The summed E-state index contributed by atoms with van der Waals surface area (Å²) < 4.78 is 5.61. The highest BCUT2D eigenvalue weighted by Gasteiger charge is 1.93. The fourth-order valence-corrected chi connectivity index (χ4v) is 2.63. The second-order valence-electron chi connectivity index (χ2n) is 4.57. The van der Waals surface area contributed by atoms with Crippen LogP contribution in [0.25, 0.3) is 0 Å². The second kappa shape index (κ2) is 15.2. The van der Waals surface area contributed by atoms with Crippen LogP contribution in [0, 0.1) is 0 Å². The molecule has 2 radical (unpaired) electrons. The first-order valence-corrected chi connectivity index (χ1v) is 8.38. The Labute approximate surface area is 105 Å². The van der Waals surface area contributed by atoms with Crippen LogP contribution in [0.15, 0.2) is 0 Å². The van der Waals surface area contributed by atoms with Crippen LogP contribution in [-0.4, -0.2) is 16.4 Å². The molecule has 0 fully saturated rings. The Morgan fingerprint density at radius 2 is 1.25 bits per heavy atom. The lowest BCUT2D eigenvalue weighted by Gasteiger charge is -2.03. The van der Waals surface area contributed by atoms with E-state index in [1.165, 1.54) is 70.3 Å². The normalized spacial score (nSPS) is 10.9. The Kier molecular flexibility index (Phi) is 15.3. The second-order valence-corrected chi connectivity index (χ2v) is 5.65. The van der Waals surface area contributed by atoms with Crippen LogP contribution in [0.5, 0.6) is 0 Å². The van der Waals surface area contributed by atoms with E-state index in [0.29, 0.717) is 0 Å². The third-order valence-corrected chi connectivity index (χ3v) is 3.80. The van der Waals surface area contributed by atoms with Crippen LogP contribution < -0.4 is 0 Å². The number of rotatable bonds is 13. The van der Waals surface area contributed by atoms with Gasteiger partial charge in [0.05, 0.1) is 0 Å². The monoisotopic (exact) mass is 242 g/mol.